The van der Waals surface area contributed by atoms with E-state index in [2.05, 4.69) is 26.0 Å². The molecule has 0 aliphatic rings. The highest BCUT2D eigenvalue weighted by atomic mass is 16.2. The molecule has 0 rings (SSSR count). The highest BCUT2D eigenvalue weighted by molar-refractivity contribution is 4.83. The molecular formula is C8H16O. The largest absolute Gasteiger partial charge is 0.396 e. The van der Waals surface area contributed by atoms with E-state index in [1.54, 1.807) is 0 Å². The van der Waals surface area contributed by atoms with Gasteiger partial charge in [0, 0.05) is 6.61 Å². The summed E-state index contributed by atoms with van der Waals surface area (Å²) in [5.41, 5.74) is 0. The first-order valence-electron chi connectivity index (χ1n) is 3.55. The Balaban J connectivity index is 3.04. The van der Waals surface area contributed by atoms with Gasteiger partial charge in [0.05, 0.1) is 0 Å². The predicted molar refractivity (Wildman–Crippen MR) is 40.3 cm³/mol. The number of hydrogen-bond donors (Lipinski definition) is 1. The van der Waals surface area contributed by atoms with Crippen molar-refractivity contribution in [2.45, 2.75) is 26.7 Å². The van der Waals surface area contributed by atoms with Crippen LogP contribution in [0.25, 0.3) is 0 Å². The van der Waals surface area contributed by atoms with E-state index in [-0.39, 0.29) is 0 Å². The molecule has 0 aliphatic heterocycles. The molecule has 0 saturated heterocycles. The Morgan fingerprint density at radius 2 is 2.11 bits per heavy atom. The molecule has 0 aromatic rings. The van der Waals surface area contributed by atoms with Crippen molar-refractivity contribution in [1.82, 2.24) is 0 Å². The summed E-state index contributed by atoms with van der Waals surface area (Å²) in [6.07, 6.45) is 6.19. The Hall–Kier alpha value is -0.300. The summed E-state index contributed by atoms with van der Waals surface area (Å²) in [5.74, 6) is 0.642. The second-order valence-electron chi connectivity index (χ2n) is 2.54. The number of unbranched alkanes of at least 4 members (excludes halogenated alkanes) is 1. The van der Waals surface area contributed by atoms with Crippen LogP contribution in [0.4, 0.5) is 0 Å². The zero-order valence-corrected chi connectivity index (χ0v) is 6.30. The average Bonchev–Trinajstić information content (AvgIpc) is 1.80. The lowest BCUT2D eigenvalue weighted by Gasteiger charge is -1.92. The summed E-state index contributed by atoms with van der Waals surface area (Å²) in [6.45, 7) is 4.60. The van der Waals surface area contributed by atoms with E-state index in [1.165, 1.54) is 0 Å². The molecule has 9 heavy (non-hydrogen) atoms. The molecule has 0 amide bonds. The molecule has 0 atom stereocenters. The molecule has 1 nitrogen and oxygen atoms in total. The monoisotopic (exact) mass is 128 g/mol. The Morgan fingerprint density at radius 3 is 2.56 bits per heavy atom. The fourth-order valence-electron chi connectivity index (χ4n) is 0.578. The molecule has 0 fully saturated rings. The second-order valence-corrected chi connectivity index (χ2v) is 2.54. The minimum absolute atomic E-state index is 0.308. The van der Waals surface area contributed by atoms with Gasteiger partial charge in [0.2, 0.25) is 0 Å². The fourth-order valence-corrected chi connectivity index (χ4v) is 0.578. The first-order chi connectivity index (χ1) is 4.27. The number of aliphatic hydroxyl groups excluding tert-OH is 1. The van der Waals surface area contributed by atoms with E-state index in [1.807, 2.05) is 0 Å². The fraction of sp³-hybridized carbons (Fsp3) is 0.750. The van der Waals surface area contributed by atoms with Gasteiger partial charge in [-0.3, -0.25) is 0 Å². The van der Waals surface area contributed by atoms with Crippen molar-refractivity contribution in [2.75, 3.05) is 6.61 Å². The smallest absolute Gasteiger partial charge is 0.0433 e. The van der Waals surface area contributed by atoms with Crippen LogP contribution >= 0.6 is 0 Å². The van der Waals surface area contributed by atoms with Gasteiger partial charge in [-0.25, -0.2) is 0 Å². The first-order valence-corrected chi connectivity index (χ1v) is 3.55. The van der Waals surface area contributed by atoms with Gasteiger partial charge in [-0.1, -0.05) is 26.0 Å². The maximum Gasteiger partial charge on any atom is 0.0433 e. The maximum absolute atomic E-state index is 8.40. The summed E-state index contributed by atoms with van der Waals surface area (Å²) < 4.78 is 0. The number of aliphatic hydroxyl groups is 1. The van der Waals surface area contributed by atoms with E-state index in [0.29, 0.717) is 12.5 Å². The van der Waals surface area contributed by atoms with E-state index in [4.69, 9.17) is 5.11 Å². The third-order valence-electron chi connectivity index (χ3n) is 1.05. The summed E-state index contributed by atoms with van der Waals surface area (Å²) >= 11 is 0. The molecule has 54 valence electrons. The van der Waals surface area contributed by atoms with Crippen molar-refractivity contribution in [3.8, 4) is 0 Å². The van der Waals surface area contributed by atoms with Crippen molar-refractivity contribution in [3.63, 3.8) is 0 Å². The molecule has 0 radical (unpaired) electrons. The van der Waals surface area contributed by atoms with Crippen molar-refractivity contribution in [3.05, 3.63) is 12.2 Å². The topological polar surface area (TPSA) is 20.2 Å². The Bertz CT molecular complexity index is 74.6. The third kappa shape index (κ3) is 7.70. The van der Waals surface area contributed by atoms with Gasteiger partial charge >= 0.3 is 0 Å². The lowest BCUT2D eigenvalue weighted by atomic mass is 10.2. The van der Waals surface area contributed by atoms with Crippen LogP contribution in [0.1, 0.15) is 26.7 Å². The van der Waals surface area contributed by atoms with E-state index in [0.717, 1.165) is 12.8 Å². The number of hydrogen-bond acceptors (Lipinski definition) is 1. The minimum atomic E-state index is 0.308. The van der Waals surface area contributed by atoms with Gasteiger partial charge in [0.15, 0.2) is 0 Å². The third-order valence-corrected chi connectivity index (χ3v) is 1.05. The predicted octanol–water partition coefficient (Wildman–Crippen LogP) is 1.97. The van der Waals surface area contributed by atoms with Crippen LogP contribution < -0.4 is 0 Å². The van der Waals surface area contributed by atoms with Crippen LogP contribution in [-0.4, -0.2) is 11.7 Å². The van der Waals surface area contributed by atoms with Gasteiger partial charge in [-0.15, -0.1) is 0 Å². The summed E-state index contributed by atoms with van der Waals surface area (Å²) in [4.78, 5) is 0. The van der Waals surface area contributed by atoms with Crippen molar-refractivity contribution < 1.29 is 5.11 Å². The standard InChI is InChI=1S/C8H16O/c1-8(2)6-4-3-5-7-9/h4,6,8-9H,3,5,7H2,1-2H3/b6-4-. The van der Waals surface area contributed by atoms with Gasteiger partial charge in [0.1, 0.15) is 0 Å². The number of rotatable bonds is 4. The van der Waals surface area contributed by atoms with Crippen LogP contribution in [0.2, 0.25) is 0 Å². The van der Waals surface area contributed by atoms with E-state index in [9.17, 15) is 0 Å². The van der Waals surface area contributed by atoms with Gasteiger partial charge in [0.25, 0.3) is 0 Å². The molecule has 0 aromatic heterocycles. The van der Waals surface area contributed by atoms with Crippen LogP contribution in [0, 0.1) is 5.92 Å². The van der Waals surface area contributed by atoms with Gasteiger partial charge in [-0.05, 0) is 18.8 Å². The highest BCUT2D eigenvalue weighted by Crippen LogP contribution is 1.96. The maximum atomic E-state index is 8.40. The molecule has 0 aliphatic carbocycles. The summed E-state index contributed by atoms with van der Waals surface area (Å²) in [6, 6.07) is 0. The first kappa shape index (κ1) is 8.70. The molecule has 0 bridgehead atoms. The summed E-state index contributed by atoms with van der Waals surface area (Å²) in [5, 5.41) is 8.40. The van der Waals surface area contributed by atoms with Crippen molar-refractivity contribution in [1.29, 1.82) is 0 Å². The zero-order chi connectivity index (χ0) is 7.11. The Labute approximate surface area is 57.4 Å². The number of allylic oxidation sites excluding steroid dienone is 2. The molecule has 1 N–H and O–H groups in total. The molecule has 1 heteroatoms. The lowest BCUT2D eigenvalue weighted by molar-refractivity contribution is 0.289. The van der Waals surface area contributed by atoms with Crippen LogP contribution in [0.15, 0.2) is 12.2 Å². The van der Waals surface area contributed by atoms with E-state index >= 15 is 0 Å². The molecule has 0 spiro atoms. The Kier molecular flexibility index (Phi) is 5.64. The highest BCUT2D eigenvalue weighted by Gasteiger charge is 1.82. The SMILES string of the molecule is CC(C)/C=C\CCCO. The molecule has 0 unspecified atom stereocenters. The molecule has 0 aromatic carbocycles. The lowest BCUT2D eigenvalue weighted by Crippen LogP contribution is -1.80. The quantitative estimate of drug-likeness (QED) is 0.453. The molecule has 0 heterocycles. The van der Waals surface area contributed by atoms with Gasteiger partial charge < -0.3 is 5.11 Å². The zero-order valence-electron chi connectivity index (χ0n) is 6.30. The van der Waals surface area contributed by atoms with Crippen LogP contribution in [0.5, 0.6) is 0 Å². The van der Waals surface area contributed by atoms with Crippen molar-refractivity contribution in [2.24, 2.45) is 5.92 Å². The van der Waals surface area contributed by atoms with Crippen LogP contribution in [-0.2, 0) is 0 Å². The Morgan fingerprint density at radius 1 is 1.44 bits per heavy atom. The second kappa shape index (κ2) is 5.83. The normalized spacial score (nSPS) is 11.6. The minimum Gasteiger partial charge on any atom is -0.396 e. The van der Waals surface area contributed by atoms with Crippen LogP contribution in [0.3, 0.4) is 0 Å². The molecule has 0 saturated carbocycles. The molecular weight excluding hydrogens is 112 g/mol. The van der Waals surface area contributed by atoms with Gasteiger partial charge in [-0.2, -0.15) is 0 Å². The van der Waals surface area contributed by atoms with Crippen molar-refractivity contribution >= 4 is 0 Å². The summed E-state index contributed by atoms with van der Waals surface area (Å²) in [7, 11) is 0. The average molecular weight is 128 g/mol. The van der Waals surface area contributed by atoms with E-state index < -0.39 is 0 Å².